The zero-order valence-corrected chi connectivity index (χ0v) is 16.5. The number of hydrazone groups is 1. The third-order valence-electron chi connectivity index (χ3n) is 4.77. The van der Waals surface area contributed by atoms with Crippen molar-refractivity contribution in [3.63, 3.8) is 0 Å². The quantitative estimate of drug-likeness (QED) is 0.514. The van der Waals surface area contributed by atoms with E-state index in [-0.39, 0.29) is 11.0 Å². The lowest BCUT2D eigenvalue weighted by atomic mass is 10.0. The highest BCUT2D eigenvalue weighted by Gasteiger charge is 2.32. The van der Waals surface area contributed by atoms with E-state index in [9.17, 15) is 19.1 Å². The minimum Gasteiger partial charge on any atom is -0.480 e. The fourth-order valence-corrected chi connectivity index (χ4v) is 4.10. The minimum absolute atomic E-state index is 0.124. The normalized spacial score (nSPS) is 16.8. The molecule has 31 heavy (non-hydrogen) atoms. The second-order valence-corrected chi connectivity index (χ2v) is 7.77. The van der Waals surface area contributed by atoms with E-state index in [1.807, 2.05) is 0 Å². The molecular formula is C20H13FN6O3S. The monoisotopic (exact) mass is 436 g/mol. The van der Waals surface area contributed by atoms with Crippen LogP contribution in [0.5, 0.6) is 0 Å². The molecule has 0 fully saturated rings. The summed E-state index contributed by atoms with van der Waals surface area (Å²) < 4.78 is 14.6. The maximum Gasteiger partial charge on any atom is 0.328 e. The van der Waals surface area contributed by atoms with E-state index < -0.39 is 23.4 Å². The predicted molar refractivity (Wildman–Crippen MR) is 111 cm³/mol. The number of hydrogen-bond acceptors (Lipinski definition) is 8. The number of aromatic nitrogens is 4. The number of rotatable bonds is 4. The van der Waals surface area contributed by atoms with Crippen molar-refractivity contribution >= 4 is 34.2 Å². The van der Waals surface area contributed by atoms with Gasteiger partial charge in [-0.25, -0.2) is 9.18 Å². The Balaban J connectivity index is 1.54. The highest BCUT2D eigenvalue weighted by atomic mass is 32.1. The van der Waals surface area contributed by atoms with Crippen LogP contribution in [0.3, 0.4) is 0 Å². The first-order chi connectivity index (χ1) is 15.0. The molecule has 1 aliphatic rings. The Bertz CT molecular complexity index is 1430. The van der Waals surface area contributed by atoms with Crippen LogP contribution >= 0.6 is 11.3 Å². The lowest BCUT2D eigenvalue weighted by Gasteiger charge is -2.14. The first kappa shape index (κ1) is 19.0. The summed E-state index contributed by atoms with van der Waals surface area (Å²) >= 11 is 1.09. The van der Waals surface area contributed by atoms with Gasteiger partial charge >= 0.3 is 5.97 Å². The van der Waals surface area contributed by atoms with Crippen molar-refractivity contribution in [2.45, 2.75) is 12.5 Å². The molecule has 0 spiro atoms. The SMILES string of the molecule is O=C(O)C1CC(c2ccc(F)cc2)=NN1/C=c1\sc2nc(-c3ccncc3)nn2c1=O. The lowest BCUT2D eigenvalue weighted by molar-refractivity contribution is -0.141. The first-order valence-electron chi connectivity index (χ1n) is 9.16. The van der Waals surface area contributed by atoms with Crippen molar-refractivity contribution in [1.82, 2.24) is 24.6 Å². The van der Waals surface area contributed by atoms with Gasteiger partial charge in [-0.2, -0.15) is 14.6 Å². The van der Waals surface area contributed by atoms with Crippen LogP contribution in [0.25, 0.3) is 22.5 Å². The van der Waals surface area contributed by atoms with Crippen molar-refractivity contribution in [1.29, 1.82) is 0 Å². The van der Waals surface area contributed by atoms with Crippen molar-refractivity contribution in [3.05, 3.63) is 75.1 Å². The molecule has 0 saturated carbocycles. The number of halogens is 1. The Kier molecular flexibility index (Phi) is 4.51. The predicted octanol–water partition coefficient (Wildman–Crippen LogP) is 1.37. The molecule has 9 nitrogen and oxygen atoms in total. The second kappa shape index (κ2) is 7.36. The molecule has 0 bridgehead atoms. The summed E-state index contributed by atoms with van der Waals surface area (Å²) in [7, 11) is 0. The third-order valence-corrected chi connectivity index (χ3v) is 5.72. The van der Waals surface area contributed by atoms with Crippen LogP contribution in [0.1, 0.15) is 12.0 Å². The number of hydrogen-bond donors (Lipinski definition) is 1. The van der Waals surface area contributed by atoms with Gasteiger partial charge in [0.05, 0.1) is 5.71 Å². The summed E-state index contributed by atoms with van der Waals surface area (Å²) in [6.45, 7) is 0. The highest BCUT2D eigenvalue weighted by molar-refractivity contribution is 7.15. The van der Waals surface area contributed by atoms with Crippen LogP contribution in [0, 0.1) is 5.82 Å². The zero-order chi connectivity index (χ0) is 21.5. The largest absolute Gasteiger partial charge is 0.480 e. The maximum absolute atomic E-state index is 13.2. The Morgan fingerprint density at radius 1 is 1.16 bits per heavy atom. The average Bonchev–Trinajstić information content (AvgIpc) is 3.45. The van der Waals surface area contributed by atoms with Crippen molar-refractivity contribution < 1.29 is 14.3 Å². The topological polar surface area (TPSA) is 113 Å². The third kappa shape index (κ3) is 3.44. The summed E-state index contributed by atoms with van der Waals surface area (Å²) in [5, 5.41) is 19.4. The molecule has 1 aliphatic heterocycles. The summed E-state index contributed by atoms with van der Waals surface area (Å²) in [4.78, 5) is 33.2. The Morgan fingerprint density at radius 3 is 2.58 bits per heavy atom. The number of benzene rings is 1. The van der Waals surface area contributed by atoms with Crippen LogP contribution in [0.15, 0.2) is 58.7 Å². The van der Waals surface area contributed by atoms with Gasteiger partial charge in [-0.15, -0.1) is 5.10 Å². The number of carboxylic acid groups (broad SMARTS) is 1. The molecular weight excluding hydrogens is 423 g/mol. The molecule has 1 atom stereocenters. The fourth-order valence-electron chi connectivity index (χ4n) is 3.23. The molecule has 0 amide bonds. The summed E-state index contributed by atoms with van der Waals surface area (Å²) in [6.07, 6.45) is 4.74. The van der Waals surface area contributed by atoms with E-state index in [1.54, 1.807) is 36.7 Å². The Labute approximate surface area is 177 Å². The van der Waals surface area contributed by atoms with E-state index in [0.717, 1.165) is 16.9 Å². The second-order valence-electron chi connectivity index (χ2n) is 6.76. The molecule has 0 saturated heterocycles. The van der Waals surface area contributed by atoms with E-state index >= 15 is 0 Å². The van der Waals surface area contributed by atoms with Gasteiger partial charge in [0.25, 0.3) is 5.56 Å². The Hall–Kier alpha value is -3.99. The van der Waals surface area contributed by atoms with Gasteiger partial charge < -0.3 is 5.11 Å². The van der Waals surface area contributed by atoms with Gasteiger partial charge in [0.15, 0.2) is 11.9 Å². The van der Waals surface area contributed by atoms with Gasteiger partial charge in [0, 0.05) is 30.6 Å². The highest BCUT2D eigenvalue weighted by Crippen LogP contribution is 2.21. The van der Waals surface area contributed by atoms with Gasteiger partial charge in [0.1, 0.15) is 10.3 Å². The molecule has 1 unspecified atom stereocenters. The summed E-state index contributed by atoms with van der Waals surface area (Å²) in [5.41, 5.74) is 1.43. The van der Waals surface area contributed by atoms with E-state index in [4.69, 9.17) is 0 Å². The molecule has 3 aromatic heterocycles. The lowest BCUT2D eigenvalue weighted by Crippen LogP contribution is -2.34. The van der Waals surface area contributed by atoms with Crippen LogP contribution in [-0.4, -0.2) is 47.4 Å². The van der Waals surface area contributed by atoms with Crippen LogP contribution in [0.2, 0.25) is 0 Å². The van der Waals surface area contributed by atoms with Crippen LogP contribution < -0.4 is 10.1 Å². The molecule has 5 rings (SSSR count). The van der Waals surface area contributed by atoms with E-state index in [1.165, 1.54) is 27.9 Å². The van der Waals surface area contributed by atoms with Gasteiger partial charge in [-0.05, 0) is 29.8 Å². The maximum atomic E-state index is 13.2. The van der Waals surface area contributed by atoms with Crippen molar-refractivity contribution in [3.8, 4) is 11.4 Å². The number of carbonyl (C=O) groups is 1. The minimum atomic E-state index is -1.08. The summed E-state index contributed by atoms with van der Waals surface area (Å²) in [5.74, 6) is -1.07. The number of nitrogens with zero attached hydrogens (tertiary/aromatic N) is 6. The van der Waals surface area contributed by atoms with Crippen LogP contribution in [0.4, 0.5) is 4.39 Å². The van der Waals surface area contributed by atoms with Gasteiger partial charge in [-0.3, -0.25) is 14.8 Å². The molecule has 4 heterocycles. The van der Waals surface area contributed by atoms with E-state index in [0.29, 0.717) is 22.1 Å². The molecule has 154 valence electrons. The molecule has 1 aromatic carbocycles. The van der Waals surface area contributed by atoms with E-state index in [2.05, 4.69) is 20.2 Å². The molecule has 0 aliphatic carbocycles. The number of carboxylic acids is 1. The number of pyridine rings is 1. The number of aliphatic carboxylic acids is 1. The number of fused-ring (bicyclic) bond motifs is 1. The smallest absolute Gasteiger partial charge is 0.328 e. The Morgan fingerprint density at radius 2 is 1.90 bits per heavy atom. The van der Waals surface area contributed by atoms with Gasteiger partial charge in [0.2, 0.25) is 4.96 Å². The first-order valence-corrected chi connectivity index (χ1v) is 9.97. The molecule has 11 heteroatoms. The zero-order valence-electron chi connectivity index (χ0n) is 15.7. The van der Waals surface area contributed by atoms with Crippen molar-refractivity contribution in [2.75, 3.05) is 0 Å². The molecule has 1 N–H and O–H groups in total. The summed E-state index contributed by atoms with van der Waals surface area (Å²) in [6, 6.07) is 8.16. The van der Waals surface area contributed by atoms with Crippen molar-refractivity contribution in [2.24, 2.45) is 5.10 Å². The molecule has 4 aromatic rings. The van der Waals surface area contributed by atoms with Crippen LogP contribution in [-0.2, 0) is 4.79 Å². The molecule has 0 radical (unpaired) electrons. The number of thiazole rings is 1. The fraction of sp³-hybridized carbons (Fsp3) is 0.100. The standard InChI is InChI=1S/C20H13FN6O3S/c21-13-3-1-11(2-4-13)14-9-15(19(29)30)26(24-14)10-16-18(28)27-20(31-16)23-17(25-27)12-5-7-22-8-6-12/h1-8,10,15H,9H2,(H,29,30)/b16-10-. The average molecular weight is 436 g/mol. The van der Waals surface area contributed by atoms with Gasteiger partial charge in [-0.1, -0.05) is 23.5 Å².